The molecule has 0 aromatic carbocycles. The first-order valence-corrected chi connectivity index (χ1v) is 10.3. The fourth-order valence-electron chi connectivity index (χ4n) is 7.13. The molecule has 5 nitrogen and oxygen atoms in total. The van der Waals surface area contributed by atoms with Gasteiger partial charge in [0.15, 0.2) is 5.78 Å². The van der Waals surface area contributed by atoms with Crippen LogP contribution in [0.25, 0.3) is 0 Å². The van der Waals surface area contributed by atoms with Crippen LogP contribution >= 0.6 is 0 Å². The van der Waals surface area contributed by atoms with Crippen LogP contribution in [-0.4, -0.2) is 38.3 Å². The highest BCUT2D eigenvalue weighted by Crippen LogP contribution is 2.66. The van der Waals surface area contributed by atoms with Crippen LogP contribution in [0.5, 0.6) is 0 Å². The molecule has 5 heteroatoms. The molecule has 0 saturated heterocycles. The van der Waals surface area contributed by atoms with Crippen LogP contribution in [0.15, 0.2) is 11.6 Å². The van der Waals surface area contributed by atoms with Gasteiger partial charge in [-0.1, -0.05) is 19.4 Å². The van der Waals surface area contributed by atoms with Crippen LogP contribution < -0.4 is 0 Å². The second kappa shape index (κ2) is 5.66. The monoisotopic (exact) mass is 376 g/mol. The van der Waals surface area contributed by atoms with E-state index in [0.29, 0.717) is 6.42 Å². The second-order valence-corrected chi connectivity index (χ2v) is 10.5. The maximum atomic E-state index is 13.2. The first-order valence-electron chi connectivity index (χ1n) is 10.3. The molecule has 4 rings (SSSR count). The molecule has 150 valence electrons. The molecule has 0 heterocycles. The van der Waals surface area contributed by atoms with Crippen molar-refractivity contribution < 1.29 is 24.9 Å². The molecule has 4 aliphatic carbocycles. The Hall–Kier alpha value is -1.20. The van der Waals surface area contributed by atoms with Gasteiger partial charge in [0.05, 0.1) is 17.6 Å². The minimum absolute atomic E-state index is 0.0582. The number of allylic oxidation sites excluding steroid dienone is 1. The maximum Gasteiger partial charge on any atom is 0.306 e. The van der Waals surface area contributed by atoms with Crippen molar-refractivity contribution in [3.8, 4) is 0 Å². The van der Waals surface area contributed by atoms with Gasteiger partial charge in [-0.25, -0.2) is 0 Å². The number of aliphatic hydroxyl groups is 2. The summed E-state index contributed by atoms with van der Waals surface area (Å²) in [5, 5.41) is 30.9. The second-order valence-electron chi connectivity index (χ2n) is 10.5. The summed E-state index contributed by atoms with van der Waals surface area (Å²) in [6.07, 6.45) is 6.38. The molecule has 3 saturated carbocycles. The van der Waals surface area contributed by atoms with Gasteiger partial charge in [-0.15, -0.1) is 0 Å². The Bertz CT molecular complexity index is 724. The van der Waals surface area contributed by atoms with Crippen molar-refractivity contribution in [3.63, 3.8) is 0 Å². The summed E-state index contributed by atoms with van der Waals surface area (Å²) in [5.74, 6) is -0.499. The molecule has 4 aliphatic rings. The van der Waals surface area contributed by atoms with Crippen LogP contribution in [0.3, 0.4) is 0 Å². The Labute approximate surface area is 160 Å². The first kappa shape index (κ1) is 19.1. The zero-order chi connectivity index (χ0) is 19.8. The number of rotatable bonds is 2. The van der Waals surface area contributed by atoms with Crippen molar-refractivity contribution in [2.45, 2.75) is 83.3 Å². The summed E-state index contributed by atoms with van der Waals surface area (Å²) in [4.78, 5) is 24.4. The predicted molar refractivity (Wildman–Crippen MR) is 99.9 cm³/mol. The highest BCUT2D eigenvalue weighted by molar-refractivity contribution is 5.94. The molecule has 27 heavy (non-hydrogen) atoms. The number of carboxylic acids is 1. The standard InChI is InChI=1S/C22H32O5/c1-19-8-9-22(27,12-17(24)25)11-13(19)10-16(23)18-14(19)4-6-20(2)15(18)5-7-21(20,3)26/h10,14-15,18,26-27H,4-9,11-12H2,1-3H3,(H,24,25)/t14-,15+,18-,19+,20+,21?,22?/m1/s1. The highest BCUT2D eigenvalue weighted by Gasteiger charge is 2.64. The normalized spacial score (nSPS) is 51.8. The molecule has 0 amide bonds. The maximum absolute atomic E-state index is 13.2. The van der Waals surface area contributed by atoms with Crippen molar-refractivity contribution in [1.29, 1.82) is 0 Å². The number of carboxylic acid groups (broad SMARTS) is 1. The molecule has 7 atom stereocenters. The number of aliphatic carboxylic acids is 1. The quantitative estimate of drug-likeness (QED) is 0.688. The van der Waals surface area contributed by atoms with E-state index in [9.17, 15) is 19.8 Å². The molecule has 0 spiro atoms. The average molecular weight is 376 g/mol. The van der Waals surface area contributed by atoms with Gasteiger partial charge in [0, 0.05) is 5.92 Å². The Morgan fingerprint density at radius 1 is 1.07 bits per heavy atom. The van der Waals surface area contributed by atoms with Gasteiger partial charge in [-0.05, 0) is 80.6 Å². The average Bonchev–Trinajstić information content (AvgIpc) is 2.79. The molecule has 0 radical (unpaired) electrons. The molecular weight excluding hydrogens is 344 g/mol. The van der Waals surface area contributed by atoms with E-state index in [1.807, 2.05) is 6.92 Å². The number of carbonyl (C=O) groups excluding carboxylic acids is 1. The summed E-state index contributed by atoms with van der Waals surface area (Å²) in [6, 6.07) is 0. The van der Waals surface area contributed by atoms with Crippen LogP contribution in [0.2, 0.25) is 0 Å². The van der Waals surface area contributed by atoms with Gasteiger partial charge in [0.1, 0.15) is 0 Å². The Morgan fingerprint density at radius 3 is 2.41 bits per heavy atom. The van der Waals surface area contributed by atoms with E-state index in [4.69, 9.17) is 5.11 Å². The lowest BCUT2D eigenvalue weighted by Crippen LogP contribution is -2.57. The van der Waals surface area contributed by atoms with E-state index >= 15 is 0 Å². The SMILES string of the molecule is CC1(O)CC[C@H]2[C@@H]3C(=O)C=C4CC(O)(CC(=O)O)CC[C@]4(C)[C@@H]3CC[C@@]21C. The molecule has 0 bridgehead atoms. The highest BCUT2D eigenvalue weighted by atomic mass is 16.4. The number of fused-ring (bicyclic) bond motifs is 5. The van der Waals surface area contributed by atoms with Gasteiger partial charge < -0.3 is 15.3 Å². The zero-order valence-corrected chi connectivity index (χ0v) is 16.6. The van der Waals surface area contributed by atoms with Crippen molar-refractivity contribution in [2.24, 2.45) is 28.6 Å². The minimum Gasteiger partial charge on any atom is -0.481 e. The molecular formula is C22H32O5. The number of hydrogen-bond donors (Lipinski definition) is 3. The summed E-state index contributed by atoms with van der Waals surface area (Å²) in [5.41, 5.74) is -1.40. The summed E-state index contributed by atoms with van der Waals surface area (Å²) >= 11 is 0. The molecule has 2 unspecified atom stereocenters. The Kier molecular flexibility index (Phi) is 4.01. The summed E-state index contributed by atoms with van der Waals surface area (Å²) < 4.78 is 0. The number of ketones is 1. The lowest BCUT2D eigenvalue weighted by atomic mass is 9.46. The third kappa shape index (κ3) is 2.57. The minimum atomic E-state index is -1.25. The predicted octanol–water partition coefficient (Wildman–Crippen LogP) is 3.09. The van der Waals surface area contributed by atoms with E-state index in [0.717, 1.165) is 37.7 Å². The smallest absolute Gasteiger partial charge is 0.306 e. The van der Waals surface area contributed by atoms with Crippen molar-refractivity contribution in [1.82, 2.24) is 0 Å². The van der Waals surface area contributed by atoms with Gasteiger partial charge in [-0.3, -0.25) is 9.59 Å². The van der Waals surface area contributed by atoms with Crippen molar-refractivity contribution in [3.05, 3.63) is 11.6 Å². The lowest BCUT2D eigenvalue weighted by Gasteiger charge is -2.58. The van der Waals surface area contributed by atoms with E-state index in [-0.39, 0.29) is 47.2 Å². The molecule has 3 N–H and O–H groups in total. The fraction of sp³-hybridized carbons (Fsp3) is 0.818. The van der Waals surface area contributed by atoms with Gasteiger partial charge in [0.25, 0.3) is 0 Å². The Balaban J connectivity index is 1.69. The third-order valence-electron chi connectivity index (χ3n) is 9.14. The van der Waals surface area contributed by atoms with Crippen LogP contribution in [0.4, 0.5) is 0 Å². The first-order chi connectivity index (χ1) is 12.4. The molecule has 0 aromatic heterocycles. The lowest BCUT2D eigenvalue weighted by molar-refractivity contribution is -0.149. The van der Waals surface area contributed by atoms with Crippen LogP contribution in [0, 0.1) is 28.6 Å². The molecule has 0 aliphatic heterocycles. The van der Waals surface area contributed by atoms with E-state index in [1.54, 1.807) is 6.08 Å². The van der Waals surface area contributed by atoms with E-state index in [1.165, 1.54) is 0 Å². The van der Waals surface area contributed by atoms with Crippen LogP contribution in [-0.2, 0) is 9.59 Å². The molecule has 0 aromatic rings. The summed E-state index contributed by atoms with van der Waals surface area (Å²) in [7, 11) is 0. The van der Waals surface area contributed by atoms with E-state index < -0.39 is 17.2 Å². The Morgan fingerprint density at radius 2 is 1.74 bits per heavy atom. The van der Waals surface area contributed by atoms with Gasteiger partial charge >= 0.3 is 5.97 Å². The van der Waals surface area contributed by atoms with Crippen molar-refractivity contribution in [2.75, 3.05) is 0 Å². The number of hydrogen-bond acceptors (Lipinski definition) is 4. The topological polar surface area (TPSA) is 94.8 Å². The zero-order valence-electron chi connectivity index (χ0n) is 16.6. The van der Waals surface area contributed by atoms with Crippen molar-refractivity contribution >= 4 is 11.8 Å². The van der Waals surface area contributed by atoms with Crippen LogP contribution in [0.1, 0.15) is 72.1 Å². The van der Waals surface area contributed by atoms with Gasteiger partial charge in [-0.2, -0.15) is 0 Å². The van der Waals surface area contributed by atoms with Gasteiger partial charge in [0.2, 0.25) is 0 Å². The third-order valence-corrected chi connectivity index (χ3v) is 9.14. The van der Waals surface area contributed by atoms with E-state index in [2.05, 4.69) is 13.8 Å². The number of carbonyl (C=O) groups is 2. The fourth-order valence-corrected chi connectivity index (χ4v) is 7.13. The molecule has 3 fully saturated rings. The largest absolute Gasteiger partial charge is 0.481 e. The summed E-state index contributed by atoms with van der Waals surface area (Å²) in [6.45, 7) is 6.29.